The first-order chi connectivity index (χ1) is 9.24. The van der Waals surface area contributed by atoms with Gasteiger partial charge >= 0.3 is 0 Å². The minimum absolute atomic E-state index is 0.207. The molecule has 0 radical (unpaired) electrons. The molecule has 0 spiro atoms. The van der Waals surface area contributed by atoms with E-state index in [1.165, 1.54) is 22.6 Å². The molecule has 0 amide bonds. The summed E-state index contributed by atoms with van der Waals surface area (Å²) in [7, 11) is 0. The first-order valence-electron chi connectivity index (χ1n) is 6.73. The number of rotatable bonds is 3. The van der Waals surface area contributed by atoms with Crippen LogP contribution in [0.1, 0.15) is 34.8 Å². The number of aliphatic hydroxyl groups excluding tert-OH is 1. The van der Waals surface area contributed by atoms with Gasteiger partial charge in [-0.3, -0.25) is 0 Å². The van der Waals surface area contributed by atoms with Gasteiger partial charge in [0, 0.05) is 10.8 Å². The fraction of sp³-hybridized carbons (Fsp3) is 0.375. The zero-order chi connectivity index (χ0) is 13.2. The standard InChI is InChI=1S/C16H17FOS/c17-12-4-1-3-11(9-12)10-15(18)13-5-2-6-16-14(13)7-8-19-16/h1,3-4,7-9,13,15,18H,2,5-6,10H2. The van der Waals surface area contributed by atoms with Crippen molar-refractivity contribution in [1.29, 1.82) is 0 Å². The van der Waals surface area contributed by atoms with Gasteiger partial charge in [0.2, 0.25) is 0 Å². The Balaban J connectivity index is 1.77. The van der Waals surface area contributed by atoms with Crippen molar-refractivity contribution < 1.29 is 9.50 Å². The summed E-state index contributed by atoms with van der Waals surface area (Å²) in [5.41, 5.74) is 2.18. The summed E-state index contributed by atoms with van der Waals surface area (Å²) in [6.07, 6.45) is 3.41. The van der Waals surface area contributed by atoms with Crippen LogP contribution < -0.4 is 0 Å². The molecule has 19 heavy (non-hydrogen) atoms. The number of hydrogen-bond donors (Lipinski definition) is 1. The quantitative estimate of drug-likeness (QED) is 0.901. The maximum Gasteiger partial charge on any atom is 0.123 e. The normalized spacial score (nSPS) is 20.0. The number of aliphatic hydroxyl groups is 1. The first kappa shape index (κ1) is 12.8. The van der Waals surface area contributed by atoms with Gasteiger partial charge in [0.1, 0.15) is 5.82 Å². The second-order valence-electron chi connectivity index (χ2n) is 5.20. The van der Waals surface area contributed by atoms with E-state index in [-0.39, 0.29) is 11.7 Å². The lowest BCUT2D eigenvalue weighted by atomic mass is 9.82. The van der Waals surface area contributed by atoms with Gasteiger partial charge in [0.25, 0.3) is 0 Å². The van der Waals surface area contributed by atoms with Crippen LogP contribution in [0.2, 0.25) is 0 Å². The van der Waals surface area contributed by atoms with Gasteiger partial charge < -0.3 is 5.11 Å². The van der Waals surface area contributed by atoms with Crippen LogP contribution in [-0.4, -0.2) is 11.2 Å². The number of fused-ring (bicyclic) bond motifs is 1. The topological polar surface area (TPSA) is 20.2 Å². The number of thiophene rings is 1. The van der Waals surface area contributed by atoms with Gasteiger partial charge in [-0.1, -0.05) is 12.1 Å². The number of aryl methyl sites for hydroxylation is 1. The summed E-state index contributed by atoms with van der Waals surface area (Å²) in [6, 6.07) is 8.67. The van der Waals surface area contributed by atoms with Crippen molar-refractivity contribution in [2.45, 2.75) is 37.7 Å². The molecule has 0 saturated heterocycles. The lowest BCUT2D eigenvalue weighted by molar-refractivity contribution is 0.135. The van der Waals surface area contributed by atoms with Crippen LogP contribution in [0.5, 0.6) is 0 Å². The molecule has 1 heterocycles. The summed E-state index contributed by atoms with van der Waals surface area (Å²) >= 11 is 1.78. The van der Waals surface area contributed by atoms with Crippen LogP contribution in [0.15, 0.2) is 35.7 Å². The van der Waals surface area contributed by atoms with Crippen molar-refractivity contribution in [1.82, 2.24) is 0 Å². The molecular weight excluding hydrogens is 259 g/mol. The highest BCUT2D eigenvalue weighted by Crippen LogP contribution is 2.37. The van der Waals surface area contributed by atoms with Crippen molar-refractivity contribution >= 4 is 11.3 Å². The molecule has 1 aliphatic carbocycles. The summed E-state index contributed by atoms with van der Waals surface area (Å²) in [4.78, 5) is 1.41. The van der Waals surface area contributed by atoms with Gasteiger partial charge in [0.05, 0.1) is 6.10 Å². The van der Waals surface area contributed by atoms with E-state index < -0.39 is 6.10 Å². The van der Waals surface area contributed by atoms with Crippen LogP contribution in [-0.2, 0) is 12.8 Å². The second kappa shape index (κ2) is 5.43. The first-order valence-corrected chi connectivity index (χ1v) is 7.61. The Morgan fingerprint density at radius 1 is 1.37 bits per heavy atom. The highest BCUT2D eigenvalue weighted by molar-refractivity contribution is 7.10. The predicted molar refractivity (Wildman–Crippen MR) is 76.1 cm³/mol. The molecule has 2 atom stereocenters. The molecule has 0 bridgehead atoms. The van der Waals surface area contributed by atoms with E-state index in [9.17, 15) is 9.50 Å². The molecule has 0 saturated carbocycles. The van der Waals surface area contributed by atoms with Crippen LogP contribution in [0.4, 0.5) is 4.39 Å². The van der Waals surface area contributed by atoms with E-state index >= 15 is 0 Å². The predicted octanol–water partition coefficient (Wildman–Crippen LogP) is 3.91. The van der Waals surface area contributed by atoms with Crippen molar-refractivity contribution in [3.05, 3.63) is 57.5 Å². The van der Waals surface area contributed by atoms with Crippen molar-refractivity contribution in [3.8, 4) is 0 Å². The molecule has 0 aliphatic heterocycles. The zero-order valence-corrected chi connectivity index (χ0v) is 11.5. The Morgan fingerprint density at radius 3 is 3.11 bits per heavy atom. The van der Waals surface area contributed by atoms with Gasteiger partial charge in [0.15, 0.2) is 0 Å². The monoisotopic (exact) mass is 276 g/mol. The fourth-order valence-electron chi connectivity index (χ4n) is 2.97. The van der Waals surface area contributed by atoms with Gasteiger partial charge in [-0.25, -0.2) is 4.39 Å². The summed E-state index contributed by atoms with van der Waals surface area (Å²) in [5, 5.41) is 12.6. The molecule has 1 aromatic carbocycles. The van der Waals surface area contributed by atoms with Crippen molar-refractivity contribution in [2.75, 3.05) is 0 Å². The molecule has 3 heteroatoms. The largest absolute Gasteiger partial charge is 0.392 e. The lowest BCUT2D eigenvalue weighted by Gasteiger charge is -2.27. The van der Waals surface area contributed by atoms with E-state index in [1.807, 2.05) is 6.07 Å². The van der Waals surface area contributed by atoms with Crippen molar-refractivity contribution in [2.24, 2.45) is 0 Å². The van der Waals surface area contributed by atoms with Crippen molar-refractivity contribution in [3.63, 3.8) is 0 Å². The summed E-state index contributed by atoms with van der Waals surface area (Å²) < 4.78 is 13.2. The van der Waals surface area contributed by atoms with E-state index in [0.717, 1.165) is 24.8 Å². The van der Waals surface area contributed by atoms with Crippen LogP contribution >= 0.6 is 11.3 Å². The third-order valence-electron chi connectivity index (χ3n) is 3.90. The van der Waals surface area contributed by atoms with Crippen LogP contribution in [0, 0.1) is 5.82 Å². The van der Waals surface area contributed by atoms with Gasteiger partial charge in [-0.2, -0.15) is 0 Å². The fourth-order valence-corrected chi connectivity index (χ4v) is 3.97. The molecule has 2 aromatic rings. The van der Waals surface area contributed by atoms with Gasteiger partial charge in [-0.05, 0) is 60.4 Å². The maximum atomic E-state index is 13.2. The Kier molecular flexibility index (Phi) is 3.67. The summed E-state index contributed by atoms with van der Waals surface area (Å²) in [6.45, 7) is 0. The molecule has 1 nitrogen and oxygen atoms in total. The SMILES string of the molecule is OC(Cc1cccc(F)c1)C1CCCc2sccc21. The third kappa shape index (κ3) is 2.72. The highest BCUT2D eigenvalue weighted by Gasteiger charge is 2.27. The number of hydrogen-bond acceptors (Lipinski definition) is 2. The molecule has 100 valence electrons. The maximum absolute atomic E-state index is 13.2. The smallest absolute Gasteiger partial charge is 0.123 e. The Hall–Kier alpha value is -1.19. The molecule has 0 fully saturated rings. The zero-order valence-electron chi connectivity index (χ0n) is 10.7. The lowest BCUT2D eigenvalue weighted by Crippen LogP contribution is -2.24. The second-order valence-corrected chi connectivity index (χ2v) is 6.20. The van der Waals surface area contributed by atoms with E-state index in [2.05, 4.69) is 11.4 Å². The van der Waals surface area contributed by atoms with E-state index in [0.29, 0.717) is 6.42 Å². The van der Waals surface area contributed by atoms with E-state index in [1.54, 1.807) is 17.4 Å². The third-order valence-corrected chi connectivity index (χ3v) is 4.89. The average molecular weight is 276 g/mol. The molecular formula is C16H17FOS. The van der Waals surface area contributed by atoms with Crippen LogP contribution in [0.3, 0.4) is 0 Å². The highest BCUT2D eigenvalue weighted by atomic mass is 32.1. The van der Waals surface area contributed by atoms with E-state index in [4.69, 9.17) is 0 Å². The summed E-state index contributed by atoms with van der Waals surface area (Å²) in [5.74, 6) is -0.0252. The molecule has 1 aromatic heterocycles. The number of halogens is 1. The number of benzene rings is 1. The Morgan fingerprint density at radius 2 is 2.26 bits per heavy atom. The molecule has 3 rings (SSSR count). The average Bonchev–Trinajstić information content (AvgIpc) is 2.86. The van der Waals surface area contributed by atoms with Gasteiger partial charge in [-0.15, -0.1) is 11.3 Å². The van der Waals surface area contributed by atoms with Crippen LogP contribution in [0.25, 0.3) is 0 Å². The molecule has 1 N–H and O–H groups in total. The molecule has 2 unspecified atom stereocenters. The minimum atomic E-state index is -0.421. The Labute approximate surface area is 116 Å². The Bertz CT molecular complexity index is 563. The minimum Gasteiger partial charge on any atom is -0.392 e. The molecule has 1 aliphatic rings.